The lowest BCUT2D eigenvalue weighted by atomic mass is 10.1. The molecule has 0 unspecified atom stereocenters. The van der Waals surface area contributed by atoms with Crippen LogP contribution in [0, 0.1) is 0 Å². The molecule has 0 amide bonds. The lowest BCUT2D eigenvalue weighted by molar-refractivity contribution is -0.136. The molecule has 0 aliphatic rings. The van der Waals surface area contributed by atoms with Crippen molar-refractivity contribution in [3.05, 3.63) is 53.3 Å². The Morgan fingerprint density at radius 1 is 1.19 bits per heavy atom. The number of carboxylic acids is 1. The van der Waals surface area contributed by atoms with Crippen molar-refractivity contribution in [3.63, 3.8) is 0 Å². The third-order valence-corrected chi connectivity index (χ3v) is 3.09. The lowest BCUT2D eigenvalue weighted by Gasteiger charge is -2.01. The Kier molecular flexibility index (Phi) is 4.45. The van der Waals surface area contributed by atoms with Gasteiger partial charge in [0.15, 0.2) is 5.65 Å². The molecule has 0 atom stereocenters. The van der Waals surface area contributed by atoms with Gasteiger partial charge in [-0.1, -0.05) is 23.7 Å². The summed E-state index contributed by atoms with van der Waals surface area (Å²) in [6, 6.07) is 11.0. The molecular weight excluding hydrogens is 313 g/mol. The van der Waals surface area contributed by atoms with E-state index < -0.39 is 5.97 Å². The second kappa shape index (κ2) is 6.11. The van der Waals surface area contributed by atoms with Crippen LogP contribution in [0.1, 0.15) is 5.69 Å². The van der Waals surface area contributed by atoms with E-state index in [-0.39, 0.29) is 18.8 Å². The number of fused-ring (bicyclic) bond motifs is 1. The van der Waals surface area contributed by atoms with Crippen LogP contribution >= 0.6 is 24.0 Å². The number of aliphatic carboxylic acids is 1. The quantitative estimate of drug-likeness (QED) is 0.804. The minimum absolute atomic E-state index is 0. The number of halogens is 2. The van der Waals surface area contributed by atoms with Crippen molar-refractivity contribution in [1.82, 2.24) is 14.6 Å². The zero-order valence-electron chi connectivity index (χ0n) is 10.7. The maximum atomic E-state index is 10.7. The Bertz CT molecular complexity index is 785. The van der Waals surface area contributed by atoms with Crippen LogP contribution in [0.5, 0.6) is 0 Å². The van der Waals surface area contributed by atoms with Crippen molar-refractivity contribution in [2.75, 3.05) is 0 Å². The number of hydrogen-bond acceptors (Lipinski definition) is 3. The van der Waals surface area contributed by atoms with Gasteiger partial charge in [-0.15, -0.1) is 12.4 Å². The predicted molar refractivity (Wildman–Crippen MR) is 82.0 cm³/mol. The number of hydrogen-bond donors (Lipinski definition) is 1. The average Bonchev–Trinajstić information content (AvgIpc) is 2.79. The van der Waals surface area contributed by atoms with Gasteiger partial charge < -0.3 is 5.11 Å². The highest BCUT2D eigenvalue weighted by Crippen LogP contribution is 2.20. The molecule has 21 heavy (non-hydrogen) atoms. The van der Waals surface area contributed by atoms with Gasteiger partial charge in [-0.3, -0.25) is 4.79 Å². The van der Waals surface area contributed by atoms with Gasteiger partial charge in [0.1, 0.15) is 0 Å². The van der Waals surface area contributed by atoms with E-state index in [1.165, 1.54) is 0 Å². The zero-order chi connectivity index (χ0) is 14.1. The zero-order valence-corrected chi connectivity index (χ0v) is 12.3. The summed E-state index contributed by atoms with van der Waals surface area (Å²) >= 11 is 5.85. The highest BCUT2D eigenvalue weighted by Gasteiger charge is 2.08. The summed E-state index contributed by atoms with van der Waals surface area (Å²) in [5, 5.41) is 13.9. The van der Waals surface area contributed by atoms with E-state index in [1.54, 1.807) is 22.8 Å². The van der Waals surface area contributed by atoms with Gasteiger partial charge in [-0.2, -0.15) is 5.10 Å². The lowest BCUT2D eigenvalue weighted by Crippen LogP contribution is -1.99. The summed E-state index contributed by atoms with van der Waals surface area (Å²) in [6.45, 7) is 0. The average molecular weight is 324 g/mol. The molecule has 5 nitrogen and oxygen atoms in total. The second-order valence-corrected chi connectivity index (χ2v) is 4.77. The first-order chi connectivity index (χ1) is 9.61. The summed E-state index contributed by atoms with van der Waals surface area (Å²) in [5.41, 5.74) is 2.82. The Balaban J connectivity index is 0.00000161. The van der Waals surface area contributed by atoms with Crippen LogP contribution in [0.3, 0.4) is 0 Å². The molecule has 0 bridgehead atoms. The maximum Gasteiger partial charge on any atom is 0.309 e. The summed E-state index contributed by atoms with van der Waals surface area (Å²) in [4.78, 5) is 14.9. The van der Waals surface area contributed by atoms with Gasteiger partial charge in [0.25, 0.3) is 0 Å². The van der Waals surface area contributed by atoms with Crippen molar-refractivity contribution in [2.45, 2.75) is 6.42 Å². The van der Waals surface area contributed by atoms with E-state index in [2.05, 4.69) is 10.1 Å². The van der Waals surface area contributed by atoms with Crippen LogP contribution < -0.4 is 0 Å². The molecule has 1 aromatic carbocycles. The first kappa shape index (κ1) is 15.3. The van der Waals surface area contributed by atoms with Gasteiger partial charge >= 0.3 is 5.97 Å². The van der Waals surface area contributed by atoms with E-state index in [1.807, 2.05) is 24.3 Å². The molecule has 0 saturated heterocycles. The topological polar surface area (TPSA) is 67.5 Å². The Labute approximate surface area is 131 Å². The number of imidazole rings is 1. The number of carboxylic acid groups (broad SMARTS) is 1. The largest absolute Gasteiger partial charge is 0.481 e. The van der Waals surface area contributed by atoms with Gasteiger partial charge in [0.05, 0.1) is 24.0 Å². The van der Waals surface area contributed by atoms with Crippen LogP contribution in [0.15, 0.2) is 42.6 Å². The molecule has 0 aliphatic carbocycles. The van der Waals surface area contributed by atoms with E-state index in [0.717, 1.165) is 11.3 Å². The van der Waals surface area contributed by atoms with E-state index in [0.29, 0.717) is 16.4 Å². The van der Waals surface area contributed by atoms with Crippen molar-refractivity contribution >= 4 is 35.6 Å². The maximum absolute atomic E-state index is 10.7. The van der Waals surface area contributed by atoms with E-state index in [4.69, 9.17) is 16.7 Å². The number of benzene rings is 1. The fourth-order valence-corrected chi connectivity index (χ4v) is 2.07. The molecule has 3 rings (SSSR count). The summed E-state index contributed by atoms with van der Waals surface area (Å²) in [6.07, 6.45) is 1.52. The molecule has 2 aromatic heterocycles. The number of nitrogens with zero attached hydrogens (tertiary/aromatic N) is 3. The Morgan fingerprint density at radius 3 is 2.57 bits per heavy atom. The molecule has 3 aromatic rings. The summed E-state index contributed by atoms with van der Waals surface area (Å²) in [5.74, 6) is -0.911. The SMILES string of the molecule is Cl.O=C(O)Cc1cn2nc(-c3ccc(Cl)cc3)ccc2n1. The molecule has 1 N–H and O–H groups in total. The molecule has 7 heteroatoms. The van der Waals surface area contributed by atoms with Crippen LogP contribution in [-0.4, -0.2) is 25.7 Å². The molecule has 0 aliphatic heterocycles. The first-order valence-electron chi connectivity index (χ1n) is 5.95. The van der Waals surface area contributed by atoms with Crippen molar-refractivity contribution < 1.29 is 9.90 Å². The molecule has 0 radical (unpaired) electrons. The molecule has 0 spiro atoms. The van der Waals surface area contributed by atoms with Crippen molar-refractivity contribution in [1.29, 1.82) is 0 Å². The molecular formula is C14H11Cl2N3O2. The molecule has 2 heterocycles. The second-order valence-electron chi connectivity index (χ2n) is 4.33. The number of carbonyl (C=O) groups is 1. The predicted octanol–water partition coefficient (Wildman–Crippen LogP) is 3.10. The number of rotatable bonds is 3. The standard InChI is InChI=1S/C14H10ClN3O2.ClH/c15-10-3-1-9(2-4-10)12-5-6-13-16-11(7-14(19)20)8-18(13)17-12;/h1-6,8H,7H2,(H,19,20);1H. The monoisotopic (exact) mass is 323 g/mol. The molecule has 0 saturated carbocycles. The third-order valence-electron chi connectivity index (χ3n) is 2.84. The summed E-state index contributed by atoms with van der Waals surface area (Å²) < 4.78 is 1.59. The highest BCUT2D eigenvalue weighted by molar-refractivity contribution is 6.30. The van der Waals surface area contributed by atoms with E-state index >= 15 is 0 Å². The van der Waals surface area contributed by atoms with Gasteiger partial charge in [0.2, 0.25) is 0 Å². The van der Waals surface area contributed by atoms with Crippen molar-refractivity contribution in [2.24, 2.45) is 0 Å². The van der Waals surface area contributed by atoms with Gasteiger partial charge in [0, 0.05) is 10.6 Å². The third kappa shape index (κ3) is 3.32. The normalized spacial score (nSPS) is 10.3. The number of aromatic nitrogens is 3. The summed E-state index contributed by atoms with van der Waals surface area (Å²) in [7, 11) is 0. The first-order valence-corrected chi connectivity index (χ1v) is 6.33. The fourth-order valence-electron chi connectivity index (χ4n) is 1.95. The van der Waals surface area contributed by atoms with Gasteiger partial charge in [-0.05, 0) is 24.3 Å². The van der Waals surface area contributed by atoms with Crippen LogP contribution in [0.2, 0.25) is 5.02 Å². The minimum atomic E-state index is -0.911. The van der Waals surface area contributed by atoms with Crippen LogP contribution in [0.25, 0.3) is 16.9 Å². The van der Waals surface area contributed by atoms with Crippen molar-refractivity contribution in [3.8, 4) is 11.3 Å². The van der Waals surface area contributed by atoms with Crippen LogP contribution in [0.4, 0.5) is 0 Å². The smallest absolute Gasteiger partial charge is 0.309 e. The minimum Gasteiger partial charge on any atom is -0.481 e. The Morgan fingerprint density at radius 2 is 1.90 bits per heavy atom. The van der Waals surface area contributed by atoms with Gasteiger partial charge in [-0.25, -0.2) is 9.50 Å². The fraction of sp³-hybridized carbons (Fsp3) is 0.0714. The molecule has 108 valence electrons. The molecule has 0 fully saturated rings. The van der Waals surface area contributed by atoms with E-state index in [9.17, 15) is 4.79 Å². The Hall–Kier alpha value is -2.11. The highest BCUT2D eigenvalue weighted by atomic mass is 35.5. The van der Waals surface area contributed by atoms with Crippen LogP contribution in [-0.2, 0) is 11.2 Å².